The van der Waals surface area contributed by atoms with E-state index in [0.717, 1.165) is 12.8 Å². The molecule has 0 aliphatic heterocycles. The van der Waals surface area contributed by atoms with Crippen LogP contribution in [0.1, 0.15) is 31.2 Å². The van der Waals surface area contributed by atoms with E-state index >= 15 is 0 Å². The summed E-state index contributed by atoms with van der Waals surface area (Å²) in [6.45, 7) is 0. The fourth-order valence-corrected chi connectivity index (χ4v) is 6.47. The van der Waals surface area contributed by atoms with Crippen molar-refractivity contribution in [1.29, 1.82) is 5.26 Å². The highest BCUT2D eigenvalue weighted by Gasteiger charge is 2.30. The summed E-state index contributed by atoms with van der Waals surface area (Å²) in [7, 11) is -6.98. The Morgan fingerprint density at radius 3 is 2.10 bits per heavy atom. The van der Waals surface area contributed by atoms with Gasteiger partial charge in [0.2, 0.25) is 0 Å². The van der Waals surface area contributed by atoms with Gasteiger partial charge in [-0.15, -0.1) is 0 Å². The van der Waals surface area contributed by atoms with Crippen molar-refractivity contribution < 1.29 is 16.8 Å². The third-order valence-electron chi connectivity index (χ3n) is 3.79. The van der Waals surface area contributed by atoms with Crippen molar-refractivity contribution in [3.8, 4) is 6.07 Å². The van der Waals surface area contributed by atoms with E-state index in [1.54, 1.807) is 0 Å². The number of nitrogens with zero attached hydrogens (tertiary/aromatic N) is 1. The maximum atomic E-state index is 12.1. The number of benzene rings is 1. The summed E-state index contributed by atoms with van der Waals surface area (Å²) in [4.78, 5) is 0.0584. The van der Waals surface area contributed by atoms with Crippen LogP contribution in [0.2, 0.25) is 0 Å². The van der Waals surface area contributed by atoms with Crippen LogP contribution in [-0.2, 0) is 19.7 Å². The Kier molecular flexibility index (Phi) is 4.69. The van der Waals surface area contributed by atoms with Crippen LogP contribution >= 0.6 is 0 Å². The Labute approximate surface area is 125 Å². The van der Waals surface area contributed by atoms with E-state index in [1.807, 2.05) is 6.07 Å². The third-order valence-corrected chi connectivity index (χ3v) is 8.04. The molecular weight excluding hydrogens is 310 g/mol. The lowest BCUT2D eigenvalue weighted by atomic mass is 10.2. The molecule has 0 N–H and O–H groups in total. The SMILES string of the molecule is N#Cc1ccc(S(=O)(=O)CCS(=O)(=O)C2CCCC2)cc1. The van der Waals surface area contributed by atoms with Gasteiger partial charge < -0.3 is 0 Å². The fraction of sp³-hybridized carbons (Fsp3) is 0.500. The first-order chi connectivity index (χ1) is 9.85. The maximum absolute atomic E-state index is 12.1. The van der Waals surface area contributed by atoms with Crippen LogP contribution < -0.4 is 0 Å². The van der Waals surface area contributed by atoms with Crippen molar-refractivity contribution in [2.75, 3.05) is 11.5 Å². The summed E-state index contributed by atoms with van der Waals surface area (Å²) in [6, 6.07) is 7.42. The van der Waals surface area contributed by atoms with Gasteiger partial charge in [0.1, 0.15) is 0 Å². The average molecular weight is 327 g/mol. The van der Waals surface area contributed by atoms with Crippen molar-refractivity contribution in [2.45, 2.75) is 35.8 Å². The maximum Gasteiger partial charge on any atom is 0.179 e. The van der Waals surface area contributed by atoms with Gasteiger partial charge in [0, 0.05) is 0 Å². The van der Waals surface area contributed by atoms with Gasteiger partial charge in [0.25, 0.3) is 0 Å². The van der Waals surface area contributed by atoms with Gasteiger partial charge in [-0.05, 0) is 37.1 Å². The zero-order valence-electron chi connectivity index (χ0n) is 11.5. The van der Waals surface area contributed by atoms with Crippen LogP contribution in [0.15, 0.2) is 29.2 Å². The van der Waals surface area contributed by atoms with Crippen LogP contribution in [-0.4, -0.2) is 33.6 Å². The largest absolute Gasteiger partial charge is 0.229 e. The third kappa shape index (κ3) is 3.83. The predicted octanol–water partition coefficient (Wildman–Crippen LogP) is 1.69. The molecule has 0 saturated heterocycles. The Hall–Kier alpha value is -1.39. The molecule has 0 bridgehead atoms. The molecule has 0 unspecified atom stereocenters. The number of rotatable bonds is 5. The molecule has 1 aliphatic carbocycles. The van der Waals surface area contributed by atoms with Crippen LogP contribution in [0.3, 0.4) is 0 Å². The highest BCUT2D eigenvalue weighted by atomic mass is 32.2. The minimum atomic E-state index is -3.64. The van der Waals surface area contributed by atoms with Gasteiger partial charge in [0.05, 0.1) is 33.3 Å². The van der Waals surface area contributed by atoms with E-state index < -0.39 is 25.4 Å². The minimum absolute atomic E-state index is 0.0584. The summed E-state index contributed by atoms with van der Waals surface area (Å²) in [5.74, 6) is -0.738. The second-order valence-electron chi connectivity index (χ2n) is 5.23. The van der Waals surface area contributed by atoms with Gasteiger partial charge in [-0.2, -0.15) is 5.26 Å². The first-order valence-corrected chi connectivity index (χ1v) is 10.2. The Balaban J connectivity index is 2.09. The molecule has 114 valence electrons. The zero-order chi connectivity index (χ0) is 15.5. The molecule has 0 radical (unpaired) electrons. The quantitative estimate of drug-likeness (QED) is 0.820. The summed E-state index contributed by atoms with van der Waals surface area (Å²) < 4.78 is 48.5. The standard InChI is InChI=1S/C14H17NO4S2/c15-11-12-5-7-14(8-6-12)21(18,19)10-9-20(16,17)13-3-1-2-4-13/h5-8,13H,1-4,9-10H2. The topological polar surface area (TPSA) is 92.1 Å². The summed E-state index contributed by atoms with van der Waals surface area (Å²) in [5.41, 5.74) is 0.368. The second-order valence-corrected chi connectivity index (χ2v) is 9.74. The number of hydrogen-bond donors (Lipinski definition) is 0. The van der Waals surface area contributed by atoms with E-state index in [4.69, 9.17) is 5.26 Å². The van der Waals surface area contributed by atoms with Crippen molar-refractivity contribution in [1.82, 2.24) is 0 Å². The average Bonchev–Trinajstić information content (AvgIpc) is 3.01. The molecule has 5 nitrogen and oxygen atoms in total. The minimum Gasteiger partial charge on any atom is -0.229 e. The highest BCUT2D eigenvalue weighted by Crippen LogP contribution is 2.25. The van der Waals surface area contributed by atoms with Crippen LogP contribution in [0.5, 0.6) is 0 Å². The lowest BCUT2D eigenvalue weighted by Crippen LogP contribution is -2.25. The van der Waals surface area contributed by atoms with Gasteiger partial charge in [0.15, 0.2) is 19.7 Å². The predicted molar refractivity (Wildman–Crippen MR) is 79.3 cm³/mol. The number of sulfone groups is 2. The highest BCUT2D eigenvalue weighted by molar-refractivity contribution is 7.95. The summed E-state index contributed by atoms with van der Waals surface area (Å²) in [6.07, 6.45) is 3.07. The van der Waals surface area contributed by atoms with Gasteiger partial charge in [-0.25, -0.2) is 16.8 Å². The van der Waals surface area contributed by atoms with Gasteiger partial charge in [-0.3, -0.25) is 0 Å². The Morgan fingerprint density at radius 2 is 1.57 bits per heavy atom. The van der Waals surface area contributed by atoms with Crippen molar-refractivity contribution >= 4 is 19.7 Å². The summed E-state index contributed by atoms with van der Waals surface area (Å²) >= 11 is 0. The molecule has 2 rings (SSSR count). The molecule has 0 spiro atoms. The normalized spacial score (nSPS) is 16.7. The van der Waals surface area contributed by atoms with E-state index in [1.165, 1.54) is 24.3 Å². The molecule has 1 aliphatic rings. The molecule has 0 aromatic heterocycles. The molecule has 1 fully saturated rings. The van der Waals surface area contributed by atoms with E-state index in [0.29, 0.717) is 18.4 Å². The molecule has 0 atom stereocenters. The second kappa shape index (κ2) is 6.16. The van der Waals surface area contributed by atoms with Crippen molar-refractivity contribution in [3.05, 3.63) is 29.8 Å². The van der Waals surface area contributed by atoms with Crippen LogP contribution in [0.25, 0.3) is 0 Å². The molecule has 0 amide bonds. The fourth-order valence-electron chi connectivity index (χ4n) is 2.49. The lowest BCUT2D eigenvalue weighted by molar-refractivity contribution is 0.576. The Morgan fingerprint density at radius 1 is 1.00 bits per heavy atom. The van der Waals surface area contributed by atoms with E-state index in [-0.39, 0.29) is 15.9 Å². The smallest absolute Gasteiger partial charge is 0.179 e. The molecule has 7 heteroatoms. The van der Waals surface area contributed by atoms with Crippen molar-refractivity contribution in [3.63, 3.8) is 0 Å². The molecule has 1 saturated carbocycles. The lowest BCUT2D eigenvalue weighted by Gasteiger charge is -2.11. The monoisotopic (exact) mass is 327 g/mol. The first-order valence-electron chi connectivity index (χ1n) is 6.80. The molecular formula is C14H17NO4S2. The zero-order valence-corrected chi connectivity index (χ0v) is 13.2. The van der Waals surface area contributed by atoms with Gasteiger partial charge >= 0.3 is 0 Å². The van der Waals surface area contributed by atoms with Crippen LogP contribution in [0.4, 0.5) is 0 Å². The molecule has 21 heavy (non-hydrogen) atoms. The van der Waals surface area contributed by atoms with Crippen molar-refractivity contribution in [2.24, 2.45) is 0 Å². The Bertz CT molecular complexity index is 737. The van der Waals surface area contributed by atoms with Crippen LogP contribution in [0, 0.1) is 11.3 Å². The number of nitriles is 1. The molecule has 0 heterocycles. The summed E-state index contributed by atoms with van der Waals surface area (Å²) in [5, 5.41) is 8.30. The first kappa shape index (κ1) is 16.0. The van der Waals surface area contributed by atoms with Gasteiger partial charge in [-0.1, -0.05) is 12.8 Å². The van der Waals surface area contributed by atoms with E-state index in [2.05, 4.69) is 0 Å². The van der Waals surface area contributed by atoms with E-state index in [9.17, 15) is 16.8 Å². The molecule has 1 aromatic carbocycles. The number of hydrogen-bond acceptors (Lipinski definition) is 5. The molecule has 1 aromatic rings.